The molecule has 0 saturated carbocycles. The van der Waals surface area contributed by atoms with Gasteiger partial charge in [0.2, 0.25) is 0 Å². The smallest absolute Gasteiger partial charge is 0.0388 e. The average Bonchev–Trinajstić information content (AvgIpc) is 2.79. The Bertz CT molecular complexity index is 353. The Morgan fingerprint density at radius 2 is 2.31 bits per heavy atom. The molecule has 1 N–H and O–H groups in total. The van der Waals surface area contributed by atoms with E-state index in [0.29, 0.717) is 12.1 Å². The molecule has 1 nitrogen and oxygen atoms in total. The van der Waals surface area contributed by atoms with Crippen LogP contribution < -0.4 is 5.32 Å². The van der Waals surface area contributed by atoms with Gasteiger partial charge >= 0.3 is 0 Å². The van der Waals surface area contributed by atoms with Crippen LogP contribution in [-0.2, 0) is 6.42 Å². The maximum atomic E-state index is 3.73. The van der Waals surface area contributed by atoms with E-state index < -0.39 is 0 Å². The lowest BCUT2D eigenvalue weighted by Crippen LogP contribution is -2.31. The lowest BCUT2D eigenvalue weighted by atomic mass is 10.0. The zero-order chi connectivity index (χ0) is 11.4. The molecule has 2 unspecified atom stereocenters. The SMILES string of the molecule is CCc1ccc(C(C)NC2CC=CCC2)s1. The second-order valence-electron chi connectivity index (χ2n) is 4.53. The lowest BCUT2D eigenvalue weighted by molar-refractivity contribution is 0.429. The number of thiophene rings is 1. The van der Waals surface area contributed by atoms with Gasteiger partial charge in [-0.05, 0) is 44.7 Å². The van der Waals surface area contributed by atoms with E-state index in [4.69, 9.17) is 0 Å². The first-order valence-electron chi connectivity index (χ1n) is 6.29. The molecule has 88 valence electrons. The summed E-state index contributed by atoms with van der Waals surface area (Å²) in [6.07, 6.45) is 9.46. The number of allylic oxidation sites excluding steroid dienone is 1. The van der Waals surface area contributed by atoms with E-state index in [2.05, 4.69) is 43.4 Å². The van der Waals surface area contributed by atoms with Crippen LogP contribution >= 0.6 is 11.3 Å². The van der Waals surface area contributed by atoms with Crippen LogP contribution in [0.25, 0.3) is 0 Å². The van der Waals surface area contributed by atoms with Crippen molar-refractivity contribution in [3.63, 3.8) is 0 Å². The third-order valence-corrected chi connectivity index (χ3v) is 4.62. The topological polar surface area (TPSA) is 12.0 Å². The summed E-state index contributed by atoms with van der Waals surface area (Å²) < 4.78 is 0. The fraction of sp³-hybridized carbons (Fsp3) is 0.571. The molecule has 1 aromatic rings. The molecule has 2 rings (SSSR count). The summed E-state index contributed by atoms with van der Waals surface area (Å²) in [5.74, 6) is 0. The van der Waals surface area contributed by atoms with Crippen molar-refractivity contribution in [2.75, 3.05) is 0 Å². The lowest BCUT2D eigenvalue weighted by Gasteiger charge is -2.23. The third-order valence-electron chi connectivity index (χ3n) is 3.21. The Hall–Kier alpha value is -0.600. The average molecular weight is 235 g/mol. The molecule has 16 heavy (non-hydrogen) atoms. The standard InChI is InChI=1S/C14H21NS/c1-3-13-9-10-14(16-13)11(2)15-12-7-5-4-6-8-12/h4-5,9-12,15H,3,6-8H2,1-2H3. The van der Waals surface area contributed by atoms with Gasteiger partial charge in [-0.1, -0.05) is 19.1 Å². The van der Waals surface area contributed by atoms with Crippen molar-refractivity contribution >= 4 is 11.3 Å². The predicted octanol–water partition coefficient (Wildman–Crippen LogP) is 4.07. The summed E-state index contributed by atoms with van der Waals surface area (Å²) in [6.45, 7) is 4.50. The minimum absolute atomic E-state index is 0.502. The number of hydrogen-bond acceptors (Lipinski definition) is 2. The maximum Gasteiger partial charge on any atom is 0.0388 e. The molecule has 1 aromatic heterocycles. The first-order valence-corrected chi connectivity index (χ1v) is 7.11. The van der Waals surface area contributed by atoms with E-state index in [1.807, 2.05) is 11.3 Å². The molecule has 0 aromatic carbocycles. The first-order chi connectivity index (χ1) is 7.79. The van der Waals surface area contributed by atoms with Gasteiger partial charge in [-0.25, -0.2) is 0 Å². The van der Waals surface area contributed by atoms with Gasteiger partial charge in [0.25, 0.3) is 0 Å². The summed E-state index contributed by atoms with van der Waals surface area (Å²) in [7, 11) is 0. The normalized spacial score (nSPS) is 22.2. The fourth-order valence-electron chi connectivity index (χ4n) is 2.20. The minimum Gasteiger partial charge on any atom is -0.306 e. The van der Waals surface area contributed by atoms with Gasteiger partial charge < -0.3 is 5.32 Å². The van der Waals surface area contributed by atoms with Gasteiger partial charge in [-0.15, -0.1) is 11.3 Å². The fourth-order valence-corrected chi connectivity index (χ4v) is 3.16. The van der Waals surface area contributed by atoms with E-state index >= 15 is 0 Å². The summed E-state index contributed by atoms with van der Waals surface area (Å²) in [6, 6.07) is 5.72. The quantitative estimate of drug-likeness (QED) is 0.776. The molecule has 0 bridgehead atoms. The molecular weight excluding hydrogens is 214 g/mol. The van der Waals surface area contributed by atoms with E-state index in [9.17, 15) is 0 Å². The van der Waals surface area contributed by atoms with Gasteiger partial charge in [0.15, 0.2) is 0 Å². The Kier molecular flexibility index (Phi) is 4.19. The van der Waals surface area contributed by atoms with Crippen LogP contribution in [0.1, 0.15) is 48.9 Å². The van der Waals surface area contributed by atoms with Gasteiger partial charge in [0.05, 0.1) is 0 Å². The second kappa shape index (κ2) is 5.65. The van der Waals surface area contributed by atoms with Crippen molar-refractivity contribution in [2.24, 2.45) is 0 Å². The van der Waals surface area contributed by atoms with Gasteiger partial charge in [-0.2, -0.15) is 0 Å². The zero-order valence-corrected chi connectivity index (χ0v) is 11.0. The van der Waals surface area contributed by atoms with Crippen LogP contribution in [0.5, 0.6) is 0 Å². The van der Waals surface area contributed by atoms with Crippen molar-refractivity contribution in [1.29, 1.82) is 0 Å². The van der Waals surface area contributed by atoms with Gasteiger partial charge in [-0.3, -0.25) is 0 Å². The minimum atomic E-state index is 0.502. The van der Waals surface area contributed by atoms with E-state index in [1.165, 1.54) is 29.0 Å². The molecule has 1 heterocycles. The van der Waals surface area contributed by atoms with Crippen LogP contribution in [0.15, 0.2) is 24.3 Å². The molecule has 0 amide bonds. The monoisotopic (exact) mass is 235 g/mol. The highest BCUT2D eigenvalue weighted by Gasteiger charge is 2.14. The number of hydrogen-bond donors (Lipinski definition) is 1. The third kappa shape index (κ3) is 2.96. The Labute approximate surface area is 103 Å². The Morgan fingerprint density at radius 1 is 1.44 bits per heavy atom. The van der Waals surface area contributed by atoms with E-state index in [0.717, 1.165) is 6.42 Å². The highest BCUT2D eigenvalue weighted by Crippen LogP contribution is 2.25. The molecule has 2 heteroatoms. The molecule has 0 fully saturated rings. The largest absolute Gasteiger partial charge is 0.306 e. The van der Waals surface area contributed by atoms with Crippen molar-refractivity contribution < 1.29 is 0 Å². The maximum absolute atomic E-state index is 3.73. The van der Waals surface area contributed by atoms with Crippen LogP contribution in [-0.4, -0.2) is 6.04 Å². The van der Waals surface area contributed by atoms with Crippen molar-refractivity contribution in [1.82, 2.24) is 5.32 Å². The second-order valence-corrected chi connectivity index (χ2v) is 5.73. The first kappa shape index (κ1) is 11.9. The van der Waals surface area contributed by atoms with Crippen molar-refractivity contribution in [3.8, 4) is 0 Å². The summed E-state index contributed by atoms with van der Waals surface area (Å²) >= 11 is 1.95. The number of aryl methyl sites for hydroxylation is 1. The van der Waals surface area contributed by atoms with E-state index in [-0.39, 0.29) is 0 Å². The molecular formula is C14H21NS. The molecule has 1 aliphatic rings. The Morgan fingerprint density at radius 3 is 2.94 bits per heavy atom. The summed E-state index contributed by atoms with van der Waals surface area (Å²) in [4.78, 5) is 2.97. The predicted molar refractivity (Wildman–Crippen MR) is 72.0 cm³/mol. The van der Waals surface area contributed by atoms with Gasteiger partial charge in [0, 0.05) is 21.8 Å². The number of rotatable bonds is 4. The highest BCUT2D eigenvalue weighted by atomic mass is 32.1. The number of nitrogens with one attached hydrogen (secondary N) is 1. The van der Waals surface area contributed by atoms with Crippen molar-refractivity contribution in [3.05, 3.63) is 34.0 Å². The summed E-state index contributed by atoms with van der Waals surface area (Å²) in [5, 5.41) is 3.73. The molecule has 0 saturated heterocycles. The van der Waals surface area contributed by atoms with Gasteiger partial charge in [0.1, 0.15) is 0 Å². The molecule has 0 spiro atoms. The van der Waals surface area contributed by atoms with Crippen LogP contribution in [0.3, 0.4) is 0 Å². The molecule has 0 aliphatic heterocycles. The highest BCUT2D eigenvalue weighted by molar-refractivity contribution is 7.12. The van der Waals surface area contributed by atoms with Crippen LogP contribution in [0, 0.1) is 0 Å². The van der Waals surface area contributed by atoms with Crippen LogP contribution in [0.2, 0.25) is 0 Å². The van der Waals surface area contributed by atoms with E-state index in [1.54, 1.807) is 0 Å². The van der Waals surface area contributed by atoms with Crippen LogP contribution in [0.4, 0.5) is 0 Å². The Balaban J connectivity index is 1.91. The summed E-state index contributed by atoms with van der Waals surface area (Å²) in [5.41, 5.74) is 0. The molecule has 0 radical (unpaired) electrons. The molecule has 2 atom stereocenters. The molecule has 1 aliphatic carbocycles. The van der Waals surface area contributed by atoms with Crippen molar-refractivity contribution in [2.45, 2.75) is 51.6 Å². The zero-order valence-electron chi connectivity index (χ0n) is 10.2.